The summed E-state index contributed by atoms with van der Waals surface area (Å²) in [4.78, 5) is 5.35. The first-order valence-electron chi connectivity index (χ1n) is 8.89. The van der Waals surface area contributed by atoms with E-state index in [0.717, 1.165) is 21.2 Å². The zero-order valence-corrected chi connectivity index (χ0v) is 17.4. The van der Waals surface area contributed by atoms with Crippen LogP contribution in [0, 0.1) is 11.3 Å². The highest BCUT2D eigenvalue weighted by Gasteiger charge is 2.11. The van der Waals surface area contributed by atoms with Gasteiger partial charge in [0.25, 0.3) is 0 Å². The third kappa shape index (κ3) is 5.59. The standard InChI is InChI=1S/C23H19BrN2O3/c1-27-22-12-18(14-26-29-16-20-10-6-5-9-19(20)13-25)11-21(24)23(22)28-15-17-7-3-2-4-8-17/h2-12,14H,15-16H2,1H3/b26-14-. The zero-order chi connectivity index (χ0) is 20.5. The first-order valence-corrected chi connectivity index (χ1v) is 9.68. The van der Waals surface area contributed by atoms with E-state index in [1.807, 2.05) is 60.7 Å². The molecule has 0 radical (unpaired) electrons. The Hall–Kier alpha value is -3.30. The van der Waals surface area contributed by atoms with E-state index < -0.39 is 0 Å². The molecule has 3 rings (SSSR count). The Bertz CT molecular complexity index is 1030. The molecule has 6 heteroatoms. The van der Waals surface area contributed by atoms with E-state index in [-0.39, 0.29) is 6.61 Å². The van der Waals surface area contributed by atoms with Crippen LogP contribution in [0.5, 0.6) is 11.5 Å². The van der Waals surface area contributed by atoms with E-state index in [9.17, 15) is 0 Å². The summed E-state index contributed by atoms with van der Waals surface area (Å²) in [6.45, 7) is 0.654. The summed E-state index contributed by atoms with van der Waals surface area (Å²) in [5.74, 6) is 1.21. The highest BCUT2D eigenvalue weighted by Crippen LogP contribution is 2.36. The van der Waals surface area contributed by atoms with Gasteiger partial charge >= 0.3 is 0 Å². The Morgan fingerprint density at radius 1 is 1.03 bits per heavy atom. The van der Waals surface area contributed by atoms with E-state index in [1.54, 1.807) is 19.4 Å². The van der Waals surface area contributed by atoms with Gasteiger partial charge < -0.3 is 14.3 Å². The SMILES string of the molecule is COc1cc(/C=N\OCc2ccccc2C#N)cc(Br)c1OCc1ccccc1. The number of methoxy groups -OCH3 is 1. The maximum Gasteiger partial charge on any atom is 0.175 e. The lowest BCUT2D eigenvalue weighted by molar-refractivity contribution is 0.132. The molecule has 0 aliphatic heterocycles. The molecule has 3 aromatic rings. The van der Waals surface area contributed by atoms with E-state index in [1.165, 1.54) is 0 Å². The first kappa shape index (κ1) is 20.4. The Morgan fingerprint density at radius 2 is 1.79 bits per heavy atom. The summed E-state index contributed by atoms with van der Waals surface area (Å²) < 4.78 is 12.2. The minimum absolute atomic E-state index is 0.219. The van der Waals surface area contributed by atoms with Gasteiger partial charge in [0.15, 0.2) is 11.5 Å². The summed E-state index contributed by atoms with van der Waals surface area (Å²) in [6, 6.07) is 23.0. The fraction of sp³-hybridized carbons (Fsp3) is 0.130. The second-order valence-corrected chi connectivity index (χ2v) is 6.94. The molecular weight excluding hydrogens is 432 g/mol. The molecular formula is C23H19BrN2O3. The Balaban J connectivity index is 1.66. The molecule has 5 nitrogen and oxygen atoms in total. The van der Waals surface area contributed by atoms with Crippen LogP contribution in [-0.4, -0.2) is 13.3 Å². The van der Waals surface area contributed by atoms with Crippen molar-refractivity contribution in [3.05, 3.63) is 93.5 Å². The molecule has 0 aliphatic carbocycles. The summed E-state index contributed by atoms with van der Waals surface area (Å²) in [7, 11) is 1.59. The van der Waals surface area contributed by atoms with Crippen molar-refractivity contribution in [2.45, 2.75) is 13.2 Å². The molecule has 0 aliphatic rings. The van der Waals surface area contributed by atoms with Gasteiger partial charge in [-0.15, -0.1) is 0 Å². The van der Waals surface area contributed by atoms with Crippen molar-refractivity contribution in [3.8, 4) is 17.6 Å². The Labute approximate surface area is 178 Å². The van der Waals surface area contributed by atoms with Gasteiger partial charge in [0, 0.05) is 11.1 Å². The molecule has 0 amide bonds. The lowest BCUT2D eigenvalue weighted by Gasteiger charge is -2.13. The average molecular weight is 451 g/mol. The van der Waals surface area contributed by atoms with Crippen molar-refractivity contribution in [1.82, 2.24) is 0 Å². The van der Waals surface area contributed by atoms with E-state index in [0.29, 0.717) is 23.7 Å². The van der Waals surface area contributed by atoms with Gasteiger partial charge in [-0.1, -0.05) is 53.7 Å². The molecule has 0 N–H and O–H groups in total. The van der Waals surface area contributed by atoms with Gasteiger partial charge in [0.05, 0.1) is 29.4 Å². The number of oxime groups is 1. The third-order valence-electron chi connectivity index (χ3n) is 4.11. The molecule has 146 valence electrons. The summed E-state index contributed by atoms with van der Waals surface area (Å²) in [5, 5.41) is 13.1. The van der Waals surface area contributed by atoms with Gasteiger partial charge in [-0.2, -0.15) is 5.26 Å². The van der Waals surface area contributed by atoms with Crippen LogP contribution < -0.4 is 9.47 Å². The monoisotopic (exact) mass is 450 g/mol. The molecule has 0 fully saturated rings. The fourth-order valence-corrected chi connectivity index (χ4v) is 3.22. The lowest BCUT2D eigenvalue weighted by Crippen LogP contribution is -1.99. The van der Waals surface area contributed by atoms with E-state index in [4.69, 9.17) is 19.6 Å². The van der Waals surface area contributed by atoms with Crippen LogP contribution in [0.25, 0.3) is 0 Å². The smallest absolute Gasteiger partial charge is 0.175 e. The minimum Gasteiger partial charge on any atom is -0.493 e. The van der Waals surface area contributed by atoms with Crippen molar-refractivity contribution in [2.75, 3.05) is 7.11 Å². The molecule has 0 spiro atoms. The minimum atomic E-state index is 0.219. The summed E-state index contributed by atoms with van der Waals surface area (Å²) in [5.41, 5.74) is 3.22. The van der Waals surface area contributed by atoms with Gasteiger partial charge in [-0.05, 0) is 39.7 Å². The predicted molar refractivity (Wildman–Crippen MR) is 115 cm³/mol. The summed E-state index contributed by atoms with van der Waals surface area (Å²) >= 11 is 3.53. The number of nitrogens with zero attached hydrogens (tertiary/aromatic N) is 2. The molecule has 0 aromatic heterocycles. The van der Waals surface area contributed by atoms with Crippen LogP contribution >= 0.6 is 15.9 Å². The number of hydrogen-bond acceptors (Lipinski definition) is 5. The number of halogens is 1. The van der Waals surface area contributed by atoms with Crippen LogP contribution in [-0.2, 0) is 18.1 Å². The molecule has 0 bridgehead atoms. The van der Waals surface area contributed by atoms with Crippen molar-refractivity contribution in [3.63, 3.8) is 0 Å². The van der Waals surface area contributed by atoms with Crippen molar-refractivity contribution in [1.29, 1.82) is 5.26 Å². The van der Waals surface area contributed by atoms with Gasteiger partial charge in [0.2, 0.25) is 0 Å². The first-order chi connectivity index (χ1) is 14.2. The van der Waals surface area contributed by atoms with Crippen LogP contribution in [0.2, 0.25) is 0 Å². The number of hydrogen-bond donors (Lipinski definition) is 0. The third-order valence-corrected chi connectivity index (χ3v) is 4.70. The average Bonchev–Trinajstić information content (AvgIpc) is 2.76. The number of ether oxygens (including phenoxy) is 2. The number of rotatable bonds is 8. The predicted octanol–water partition coefficient (Wildman–Crippen LogP) is 5.46. The second kappa shape index (κ2) is 10.3. The number of benzene rings is 3. The number of nitriles is 1. The van der Waals surface area contributed by atoms with E-state index >= 15 is 0 Å². The maximum atomic E-state index is 9.11. The van der Waals surface area contributed by atoms with Crippen molar-refractivity contribution < 1.29 is 14.3 Å². The largest absolute Gasteiger partial charge is 0.493 e. The van der Waals surface area contributed by atoms with Crippen molar-refractivity contribution >= 4 is 22.1 Å². The van der Waals surface area contributed by atoms with Crippen LogP contribution in [0.4, 0.5) is 0 Å². The highest BCUT2D eigenvalue weighted by molar-refractivity contribution is 9.10. The quantitative estimate of drug-likeness (QED) is 0.337. The molecule has 0 saturated carbocycles. The fourth-order valence-electron chi connectivity index (χ4n) is 2.64. The van der Waals surface area contributed by atoms with Gasteiger partial charge in [0.1, 0.15) is 13.2 Å². The van der Waals surface area contributed by atoms with Crippen LogP contribution in [0.1, 0.15) is 22.3 Å². The maximum absolute atomic E-state index is 9.11. The molecule has 0 unspecified atom stereocenters. The molecule has 29 heavy (non-hydrogen) atoms. The van der Waals surface area contributed by atoms with Crippen LogP contribution in [0.15, 0.2) is 76.4 Å². The zero-order valence-electron chi connectivity index (χ0n) is 15.8. The molecule has 0 heterocycles. The molecule has 0 atom stereocenters. The Kier molecular flexibility index (Phi) is 7.26. The normalized spacial score (nSPS) is 10.5. The van der Waals surface area contributed by atoms with Crippen molar-refractivity contribution in [2.24, 2.45) is 5.16 Å². The second-order valence-electron chi connectivity index (χ2n) is 6.09. The lowest BCUT2D eigenvalue weighted by atomic mass is 10.1. The highest BCUT2D eigenvalue weighted by atomic mass is 79.9. The molecule has 3 aromatic carbocycles. The Morgan fingerprint density at radius 3 is 2.55 bits per heavy atom. The molecule has 0 saturated heterocycles. The van der Waals surface area contributed by atoms with E-state index in [2.05, 4.69) is 27.2 Å². The summed E-state index contributed by atoms with van der Waals surface area (Å²) in [6.07, 6.45) is 1.59. The van der Waals surface area contributed by atoms with Crippen LogP contribution in [0.3, 0.4) is 0 Å². The van der Waals surface area contributed by atoms with Gasteiger partial charge in [-0.3, -0.25) is 0 Å². The van der Waals surface area contributed by atoms with Gasteiger partial charge in [-0.25, -0.2) is 0 Å². The topological polar surface area (TPSA) is 63.8 Å².